The van der Waals surface area contributed by atoms with Crippen LogP contribution in [0.2, 0.25) is 0 Å². The molecule has 0 bridgehead atoms. The minimum Gasteiger partial charge on any atom is -0.462 e. The minimum absolute atomic E-state index is 0.00116. The second kappa shape index (κ2) is 5.25. The van der Waals surface area contributed by atoms with Crippen molar-refractivity contribution < 1.29 is 9.53 Å². The van der Waals surface area contributed by atoms with Gasteiger partial charge >= 0.3 is 5.97 Å². The number of hydrogen-bond acceptors (Lipinski definition) is 2. The van der Waals surface area contributed by atoms with E-state index in [0.29, 0.717) is 12.3 Å². The molecule has 1 unspecified atom stereocenters. The lowest BCUT2D eigenvalue weighted by Crippen LogP contribution is -2.16. The number of ether oxygens (including phenoxy) is 1. The van der Waals surface area contributed by atoms with Crippen LogP contribution < -0.4 is 0 Å². The molecule has 1 rings (SSSR count). The van der Waals surface area contributed by atoms with Crippen molar-refractivity contribution >= 4 is 5.97 Å². The Kier molecular flexibility index (Phi) is 4.26. The molecule has 1 saturated carbocycles. The molecule has 0 heterocycles. The lowest BCUT2D eigenvalue weighted by molar-refractivity contribution is -0.149. The molecule has 0 N–H and O–H groups in total. The van der Waals surface area contributed by atoms with Crippen LogP contribution in [0, 0.1) is 5.92 Å². The first-order chi connectivity index (χ1) is 6.22. The zero-order valence-electron chi connectivity index (χ0n) is 8.71. The van der Waals surface area contributed by atoms with Crippen molar-refractivity contribution in [1.29, 1.82) is 0 Å². The van der Waals surface area contributed by atoms with E-state index in [1.165, 1.54) is 12.8 Å². The van der Waals surface area contributed by atoms with Gasteiger partial charge in [0.2, 0.25) is 0 Å². The van der Waals surface area contributed by atoms with Crippen molar-refractivity contribution in [2.75, 3.05) is 0 Å². The molecule has 1 fully saturated rings. The summed E-state index contributed by atoms with van der Waals surface area (Å²) in [5, 5.41) is 0. The number of carbonyl (C=O) groups is 1. The van der Waals surface area contributed by atoms with Crippen LogP contribution in [0.4, 0.5) is 0 Å². The number of esters is 1. The first-order valence-corrected chi connectivity index (χ1v) is 5.41. The lowest BCUT2D eigenvalue weighted by atomic mass is 10.1. The average Bonchev–Trinajstić information content (AvgIpc) is 2.56. The molecule has 0 aromatic carbocycles. The topological polar surface area (TPSA) is 26.3 Å². The molecule has 2 nitrogen and oxygen atoms in total. The number of rotatable bonds is 4. The van der Waals surface area contributed by atoms with E-state index in [2.05, 4.69) is 13.8 Å². The average molecular weight is 184 g/mol. The van der Waals surface area contributed by atoms with Crippen LogP contribution >= 0.6 is 0 Å². The molecule has 1 aliphatic rings. The van der Waals surface area contributed by atoms with E-state index >= 15 is 0 Å². The van der Waals surface area contributed by atoms with Gasteiger partial charge in [-0.2, -0.15) is 0 Å². The molecule has 1 atom stereocenters. The zero-order valence-corrected chi connectivity index (χ0v) is 8.71. The van der Waals surface area contributed by atoms with Crippen molar-refractivity contribution in [3.8, 4) is 0 Å². The smallest absolute Gasteiger partial charge is 0.306 e. The molecular formula is C11H20O2. The van der Waals surface area contributed by atoms with Crippen LogP contribution in [-0.4, -0.2) is 12.1 Å². The highest BCUT2D eigenvalue weighted by atomic mass is 16.5. The normalized spacial score (nSPS) is 20.2. The summed E-state index contributed by atoms with van der Waals surface area (Å²) in [6, 6.07) is 0. The molecule has 0 aromatic heterocycles. The predicted molar refractivity (Wildman–Crippen MR) is 52.4 cm³/mol. The molecule has 0 amide bonds. The van der Waals surface area contributed by atoms with Gasteiger partial charge in [0.1, 0.15) is 6.10 Å². The Balaban J connectivity index is 2.16. The SMILES string of the molecule is CCC(C)CC(=O)OC1CCCC1. The van der Waals surface area contributed by atoms with Gasteiger partial charge in [-0.3, -0.25) is 4.79 Å². The summed E-state index contributed by atoms with van der Waals surface area (Å²) >= 11 is 0. The first-order valence-electron chi connectivity index (χ1n) is 5.41. The Bertz CT molecular complexity index is 159. The van der Waals surface area contributed by atoms with Gasteiger partial charge in [0.15, 0.2) is 0 Å². The zero-order chi connectivity index (χ0) is 9.68. The summed E-state index contributed by atoms with van der Waals surface area (Å²) in [4.78, 5) is 11.3. The summed E-state index contributed by atoms with van der Waals surface area (Å²) in [6.45, 7) is 4.20. The van der Waals surface area contributed by atoms with Crippen molar-refractivity contribution in [2.45, 2.75) is 58.5 Å². The maximum atomic E-state index is 11.3. The van der Waals surface area contributed by atoms with Gasteiger partial charge in [-0.15, -0.1) is 0 Å². The summed E-state index contributed by atoms with van der Waals surface area (Å²) in [5.41, 5.74) is 0. The quantitative estimate of drug-likeness (QED) is 0.628. The third-order valence-electron chi connectivity index (χ3n) is 2.81. The van der Waals surface area contributed by atoms with Gasteiger partial charge in [0.25, 0.3) is 0 Å². The lowest BCUT2D eigenvalue weighted by Gasteiger charge is -2.13. The highest BCUT2D eigenvalue weighted by Gasteiger charge is 2.19. The highest BCUT2D eigenvalue weighted by molar-refractivity contribution is 5.69. The molecule has 0 radical (unpaired) electrons. The van der Waals surface area contributed by atoms with Crippen LogP contribution in [0.5, 0.6) is 0 Å². The second-order valence-corrected chi connectivity index (χ2v) is 4.11. The van der Waals surface area contributed by atoms with E-state index in [4.69, 9.17) is 4.74 Å². The Hall–Kier alpha value is -0.530. The van der Waals surface area contributed by atoms with Crippen LogP contribution in [0.25, 0.3) is 0 Å². The molecule has 13 heavy (non-hydrogen) atoms. The van der Waals surface area contributed by atoms with E-state index < -0.39 is 0 Å². The van der Waals surface area contributed by atoms with E-state index in [1.807, 2.05) is 0 Å². The number of hydrogen-bond donors (Lipinski definition) is 0. The monoisotopic (exact) mass is 184 g/mol. The molecule has 0 aliphatic heterocycles. The van der Waals surface area contributed by atoms with Crippen molar-refractivity contribution in [1.82, 2.24) is 0 Å². The van der Waals surface area contributed by atoms with Gasteiger partial charge in [0.05, 0.1) is 0 Å². The molecule has 0 spiro atoms. The summed E-state index contributed by atoms with van der Waals surface area (Å²) in [7, 11) is 0. The molecule has 0 aromatic rings. The standard InChI is InChI=1S/C11H20O2/c1-3-9(2)8-11(12)13-10-6-4-5-7-10/h9-10H,3-8H2,1-2H3. The fraction of sp³-hybridized carbons (Fsp3) is 0.909. The molecule has 76 valence electrons. The third kappa shape index (κ3) is 3.79. The van der Waals surface area contributed by atoms with Gasteiger partial charge in [0, 0.05) is 6.42 Å². The van der Waals surface area contributed by atoms with Gasteiger partial charge in [-0.25, -0.2) is 0 Å². The maximum Gasteiger partial charge on any atom is 0.306 e. The van der Waals surface area contributed by atoms with E-state index in [9.17, 15) is 4.79 Å². The molecular weight excluding hydrogens is 164 g/mol. The maximum absolute atomic E-state index is 11.3. The fourth-order valence-electron chi connectivity index (χ4n) is 1.67. The third-order valence-corrected chi connectivity index (χ3v) is 2.81. The van der Waals surface area contributed by atoms with Crippen LogP contribution in [0.15, 0.2) is 0 Å². The van der Waals surface area contributed by atoms with Crippen molar-refractivity contribution in [3.63, 3.8) is 0 Å². The number of carbonyl (C=O) groups excluding carboxylic acids is 1. The van der Waals surface area contributed by atoms with E-state index in [1.54, 1.807) is 0 Å². The summed E-state index contributed by atoms with van der Waals surface area (Å²) in [6.07, 6.45) is 6.48. The molecule has 0 saturated heterocycles. The summed E-state index contributed by atoms with van der Waals surface area (Å²) in [5.74, 6) is 0.468. The fourth-order valence-corrected chi connectivity index (χ4v) is 1.67. The van der Waals surface area contributed by atoms with E-state index in [-0.39, 0.29) is 12.1 Å². The van der Waals surface area contributed by atoms with Gasteiger partial charge < -0.3 is 4.74 Å². The highest BCUT2D eigenvalue weighted by Crippen LogP contribution is 2.22. The van der Waals surface area contributed by atoms with Gasteiger partial charge in [-0.05, 0) is 31.6 Å². The van der Waals surface area contributed by atoms with Crippen LogP contribution in [0.1, 0.15) is 52.4 Å². The van der Waals surface area contributed by atoms with E-state index in [0.717, 1.165) is 19.3 Å². The predicted octanol–water partition coefficient (Wildman–Crippen LogP) is 2.91. The molecule has 2 heteroatoms. The van der Waals surface area contributed by atoms with Crippen molar-refractivity contribution in [3.05, 3.63) is 0 Å². The molecule has 1 aliphatic carbocycles. The van der Waals surface area contributed by atoms with Crippen molar-refractivity contribution in [2.24, 2.45) is 5.92 Å². The Morgan fingerprint density at radius 2 is 2.08 bits per heavy atom. The van der Waals surface area contributed by atoms with Crippen LogP contribution in [-0.2, 0) is 9.53 Å². The Morgan fingerprint density at radius 1 is 1.46 bits per heavy atom. The second-order valence-electron chi connectivity index (χ2n) is 4.11. The summed E-state index contributed by atoms with van der Waals surface area (Å²) < 4.78 is 5.34. The Labute approximate surface area is 80.7 Å². The first kappa shape index (κ1) is 10.6. The van der Waals surface area contributed by atoms with Crippen LogP contribution in [0.3, 0.4) is 0 Å². The minimum atomic E-state index is 0.00116. The van der Waals surface area contributed by atoms with Gasteiger partial charge in [-0.1, -0.05) is 20.3 Å². The largest absolute Gasteiger partial charge is 0.462 e. The Morgan fingerprint density at radius 3 is 2.62 bits per heavy atom.